The zero-order valence-electron chi connectivity index (χ0n) is 14.0. The summed E-state index contributed by atoms with van der Waals surface area (Å²) in [5, 5.41) is 4.63. The van der Waals surface area contributed by atoms with Crippen molar-refractivity contribution in [3.8, 4) is 0 Å². The normalized spacial score (nSPS) is 18.8. The maximum atomic E-state index is 13.9. The largest absolute Gasteiger partial charge is 0.298 e. The number of hydrogen-bond donors (Lipinski definition) is 0. The van der Waals surface area contributed by atoms with E-state index in [1.807, 2.05) is 7.05 Å². The van der Waals surface area contributed by atoms with E-state index in [-0.39, 0.29) is 5.92 Å². The molecule has 1 aromatic carbocycles. The predicted octanol–water partition coefficient (Wildman–Crippen LogP) is 3.02. The third-order valence-electron chi connectivity index (χ3n) is 4.79. The standard InChI is InChI=1S/C18H19F2N5/c1-24-18-17(21-6-7-22-18)16(23-24)13-3-2-8-25(11-13)10-12-4-5-14(19)9-15(12)20/h4-7,9,13H,2-3,8,10-11H2,1H3/t13-/m1/s1. The number of halogens is 2. The molecule has 4 rings (SSSR count). The number of fused-ring (bicyclic) bond motifs is 1. The summed E-state index contributed by atoms with van der Waals surface area (Å²) in [6.07, 6.45) is 5.37. The molecule has 0 bridgehead atoms. The van der Waals surface area contributed by atoms with E-state index in [2.05, 4.69) is 20.0 Å². The van der Waals surface area contributed by atoms with E-state index in [4.69, 9.17) is 0 Å². The van der Waals surface area contributed by atoms with Gasteiger partial charge in [-0.15, -0.1) is 0 Å². The van der Waals surface area contributed by atoms with Gasteiger partial charge in [-0.05, 0) is 25.5 Å². The van der Waals surface area contributed by atoms with Gasteiger partial charge in [-0.25, -0.2) is 23.4 Å². The van der Waals surface area contributed by atoms with E-state index < -0.39 is 11.6 Å². The average molecular weight is 343 g/mol. The lowest BCUT2D eigenvalue weighted by atomic mass is 9.94. The molecule has 1 saturated heterocycles. The number of aryl methyl sites for hydroxylation is 1. The molecule has 0 amide bonds. The van der Waals surface area contributed by atoms with Crippen LogP contribution in [0, 0.1) is 11.6 Å². The molecular formula is C18H19F2N5. The first-order valence-electron chi connectivity index (χ1n) is 8.41. The van der Waals surface area contributed by atoms with Crippen molar-refractivity contribution < 1.29 is 8.78 Å². The topological polar surface area (TPSA) is 46.8 Å². The highest BCUT2D eigenvalue weighted by Crippen LogP contribution is 2.30. The average Bonchev–Trinajstić information content (AvgIpc) is 2.95. The van der Waals surface area contributed by atoms with Crippen LogP contribution < -0.4 is 0 Å². The van der Waals surface area contributed by atoms with Crippen molar-refractivity contribution in [3.63, 3.8) is 0 Å². The van der Waals surface area contributed by atoms with Crippen molar-refractivity contribution in [2.45, 2.75) is 25.3 Å². The highest BCUT2D eigenvalue weighted by molar-refractivity contribution is 5.73. The van der Waals surface area contributed by atoms with Crippen molar-refractivity contribution in [2.24, 2.45) is 7.05 Å². The highest BCUT2D eigenvalue weighted by Gasteiger charge is 2.27. The zero-order chi connectivity index (χ0) is 17.4. The molecule has 0 aliphatic carbocycles. The van der Waals surface area contributed by atoms with Gasteiger partial charge in [0.25, 0.3) is 0 Å². The second kappa shape index (κ2) is 6.48. The van der Waals surface area contributed by atoms with Gasteiger partial charge in [0.15, 0.2) is 5.65 Å². The summed E-state index contributed by atoms with van der Waals surface area (Å²) in [4.78, 5) is 11.0. The molecule has 1 fully saturated rings. The van der Waals surface area contributed by atoms with Crippen molar-refractivity contribution in [2.75, 3.05) is 13.1 Å². The quantitative estimate of drug-likeness (QED) is 0.733. The fourth-order valence-electron chi connectivity index (χ4n) is 3.59. The van der Waals surface area contributed by atoms with Crippen LogP contribution in [0.1, 0.15) is 30.0 Å². The Kier molecular flexibility index (Phi) is 4.17. The van der Waals surface area contributed by atoms with Crippen LogP contribution in [0.5, 0.6) is 0 Å². The number of hydrogen-bond acceptors (Lipinski definition) is 4. The van der Waals surface area contributed by atoms with Gasteiger partial charge in [0.05, 0.1) is 5.69 Å². The number of rotatable bonds is 3. The van der Waals surface area contributed by atoms with E-state index >= 15 is 0 Å². The minimum Gasteiger partial charge on any atom is -0.298 e. The van der Waals surface area contributed by atoms with Gasteiger partial charge in [0.1, 0.15) is 17.2 Å². The molecule has 5 nitrogen and oxygen atoms in total. The third-order valence-corrected chi connectivity index (χ3v) is 4.79. The Balaban J connectivity index is 1.56. The van der Waals surface area contributed by atoms with E-state index in [0.29, 0.717) is 12.1 Å². The summed E-state index contributed by atoms with van der Waals surface area (Å²) in [5.74, 6) is -0.801. The second-order valence-electron chi connectivity index (χ2n) is 6.55. The van der Waals surface area contributed by atoms with E-state index in [1.165, 1.54) is 12.1 Å². The summed E-state index contributed by atoms with van der Waals surface area (Å²) in [6.45, 7) is 2.14. The summed E-state index contributed by atoms with van der Waals surface area (Å²) >= 11 is 0. The molecule has 25 heavy (non-hydrogen) atoms. The Morgan fingerprint density at radius 3 is 2.88 bits per heavy atom. The van der Waals surface area contributed by atoms with Gasteiger partial charge in [-0.3, -0.25) is 4.90 Å². The first-order valence-corrected chi connectivity index (χ1v) is 8.41. The van der Waals surface area contributed by atoms with Crippen molar-refractivity contribution >= 4 is 11.2 Å². The van der Waals surface area contributed by atoms with E-state index in [0.717, 1.165) is 48.9 Å². The lowest BCUT2D eigenvalue weighted by molar-refractivity contribution is 0.196. The van der Waals surface area contributed by atoms with Gasteiger partial charge in [0, 0.05) is 50.1 Å². The van der Waals surface area contributed by atoms with Crippen LogP contribution >= 0.6 is 0 Å². The van der Waals surface area contributed by atoms with Crippen molar-refractivity contribution in [1.29, 1.82) is 0 Å². The summed E-state index contributed by atoms with van der Waals surface area (Å²) in [5.41, 5.74) is 3.09. The van der Waals surface area contributed by atoms with Crippen molar-refractivity contribution in [1.82, 2.24) is 24.6 Å². The van der Waals surface area contributed by atoms with Crippen LogP contribution in [-0.2, 0) is 13.6 Å². The van der Waals surface area contributed by atoms with Gasteiger partial charge in [-0.2, -0.15) is 5.10 Å². The molecule has 3 heterocycles. The Hall–Kier alpha value is -2.41. The van der Waals surface area contributed by atoms with Crippen LogP contribution in [-0.4, -0.2) is 37.7 Å². The van der Waals surface area contributed by atoms with Gasteiger partial charge < -0.3 is 0 Å². The molecule has 0 N–H and O–H groups in total. The molecule has 0 radical (unpaired) electrons. The lowest BCUT2D eigenvalue weighted by Crippen LogP contribution is -2.34. The zero-order valence-corrected chi connectivity index (χ0v) is 14.0. The summed E-state index contributed by atoms with van der Waals surface area (Å²) in [7, 11) is 1.87. The minimum atomic E-state index is -0.545. The molecule has 7 heteroatoms. The molecule has 1 aliphatic rings. The van der Waals surface area contributed by atoms with Gasteiger partial charge >= 0.3 is 0 Å². The number of nitrogens with zero attached hydrogens (tertiary/aromatic N) is 5. The molecule has 0 spiro atoms. The van der Waals surface area contributed by atoms with Crippen LogP contribution in [0.3, 0.4) is 0 Å². The molecule has 1 aliphatic heterocycles. The Morgan fingerprint density at radius 2 is 2.04 bits per heavy atom. The monoisotopic (exact) mass is 343 g/mol. The minimum absolute atomic E-state index is 0.234. The Bertz CT molecular complexity index is 908. The predicted molar refractivity (Wildman–Crippen MR) is 89.9 cm³/mol. The van der Waals surface area contributed by atoms with Crippen LogP contribution in [0.25, 0.3) is 11.2 Å². The molecule has 0 unspecified atom stereocenters. The van der Waals surface area contributed by atoms with Crippen molar-refractivity contribution in [3.05, 3.63) is 53.5 Å². The SMILES string of the molecule is Cn1nc([C@@H]2CCCN(Cc3ccc(F)cc3F)C2)c2nccnc21. The van der Waals surface area contributed by atoms with E-state index in [9.17, 15) is 8.78 Å². The molecule has 1 atom stereocenters. The van der Waals surface area contributed by atoms with Gasteiger partial charge in [-0.1, -0.05) is 6.07 Å². The first kappa shape index (κ1) is 16.1. The molecule has 2 aromatic heterocycles. The van der Waals surface area contributed by atoms with Crippen LogP contribution in [0.15, 0.2) is 30.6 Å². The summed E-state index contributed by atoms with van der Waals surface area (Å²) < 4.78 is 28.8. The Labute approximate surface area is 144 Å². The lowest BCUT2D eigenvalue weighted by Gasteiger charge is -2.32. The fraction of sp³-hybridized carbons (Fsp3) is 0.389. The number of benzene rings is 1. The first-order chi connectivity index (χ1) is 12.1. The number of likely N-dealkylation sites (tertiary alicyclic amines) is 1. The Morgan fingerprint density at radius 1 is 1.20 bits per heavy atom. The molecular weight excluding hydrogens is 324 g/mol. The highest BCUT2D eigenvalue weighted by atomic mass is 19.1. The molecule has 130 valence electrons. The molecule has 0 saturated carbocycles. The smallest absolute Gasteiger partial charge is 0.176 e. The van der Waals surface area contributed by atoms with Crippen LogP contribution in [0.2, 0.25) is 0 Å². The number of aromatic nitrogens is 4. The number of piperidine rings is 1. The maximum Gasteiger partial charge on any atom is 0.176 e. The summed E-state index contributed by atoms with van der Waals surface area (Å²) in [6, 6.07) is 3.77. The third kappa shape index (κ3) is 3.11. The second-order valence-corrected chi connectivity index (χ2v) is 6.55. The van der Waals surface area contributed by atoms with E-state index in [1.54, 1.807) is 17.1 Å². The van der Waals surface area contributed by atoms with Crippen LogP contribution in [0.4, 0.5) is 8.78 Å². The fourth-order valence-corrected chi connectivity index (χ4v) is 3.59. The molecule has 3 aromatic rings. The van der Waals surface area contributed by atoms with Gasteiger partial charge in [0.2, 0.25) is 0 Å². The maximum absolute atomic E-state index is 13.9.